The Morgan fingerprint density at radius 1 is 0.340 bits per heavy atom. The molecule has 4 nitrogen and oxygen atoms in total. The Balaban J connectivity index is 1.28. The van der Waals surface area contributed by atoms with Crippen LogP contribution in [0.2, 0.25) is 0 Å². The normalized spacial score (nSPS) is 11.6. The predicted octanol–water partition coefficient (Wildman–Crippen LogP) is 13.4. The quantitative estimate of drug-likeness (QED) is 0.132. The van der Waals surface area contributed by atoms with Crippen LogP contribution in [0.1, 0.15) is 72.3 Å². The second-order valence-electron chi connectivity index (χ2n) is 13.8. The summed E-state index contributed by atoms with van der Waals surface area (Å²) in [5, 5.41) is 19.1. The Hall–Kier alpha value is -5.48. The molecule has 250 valence electrons. The highest BCUT2D eigenvalue weighted by Gasteiger charge is 2.12. The van der Waals surface area contributed by atoms with Crippen molar-refractivity contribution < 1.29 is 0 Å². The molecule has 0 aliphatic rings. The molecule has 6 aromatic carbocycles. The summed E-state index contributed by atoms with van der Waals surface area (Å²) in [6.45, 7) is 14.9. The summed E-state index contributed by atoms with van der Waals surface area (Å²) in [5.41, 5.74) is 19.4. The average Bonchev–Trinajstić information content (AvgIpc) is 3.08. The minimum Gasteiger partial charge on any atom is -0.151 e. The zero-order chi connectivity index (χ0) is 35.2. The topological polar surface area (TPSA) is 49.4 Å². The molecule has 0 fully saturated rings. The van der Waals surface area contributed by atoms with E-state index in [1.807, 2.05) is 6.07 Å². The van der Waals surface area contributed by atoms with Gasteiger partial charge < -0.3 is 0 Å². The van der Waals surface area contributed by atoms with E-state index in [0.29, 0.717) is 6.42 Å². The minimum atomic E-state index is 0.673. The zero-order valence-corrected chi connectivity index (χ0v) is 30.4. The predicted molar refractivity (Wildman–Crippen MR) is 209 cm³/mol. The first kappa shape index (κ1) is 34.4. The number of nitrogens with zero attached hydrogens (tertiary/aromatic N) is 4. The molecule has 0 radical (unpaired) electrons. The Morgan fingerprint density at radius 3 is 1.40 bits per heavy atom. The molecular weight excluding hydrogens is 609 g/mol. The second-order valence-corrected chi connectivity index (χ2v) is 13.8. The van der Waals surface area contributed by atoms with Gasteiger partial charge in [0, 0.05) is 6.42 Å². The third-order valence-electron chi connectivity index (χ3n) is 9.40. The first-order valence-electron chi connectivity index (χ1n) is 17.4. The Kier molecular flexibility index (Phi) is 10.6. The van der Waals surface area contributed by atoms with Gasteiger partial charge in [-0.25, -0.2) is 0 Å². The van der Waals surface area contributed by atoms with Crippen molar-refractivity contribution in [3.63, 3.8) is 0 Å². The van der Waals surface area contributed by atoms with Crippen molar-refractivity contribution in [2.45, 2.75) is 67.7 Å². The van der Waals surface area contributed by atoms with Gasteiger partial charge >= 0.3 is 0 Å². The molecule has 0 amide bonds. The summed E-state index contributed by atoms with van der Waals surface area (Å²) in [6.07, 6.45) is 2.39. The monoisotopic (exact) mass is 654 g/mol. The highest BCUT2D eigenvalue weighted by Crippen LogP contribution is 2.33. The molecule has 0 N–H and O–H groups in total. The molecule has 0 atom stereocenters. The van der Waals surface area contributed by atoms with E-state index < -0.39 is 0 Å². The van der Waals surface area contributed by atoms with E-state index >= 15 is 0 Å². The average molecular weight is 655 g/mol. The van der Waals surface area contributed by atoms with Crippen LogP contribution >= 0.6 is 0 Å². The lowest BCUT2D eigenvalue weighted by molar-refractivity contribution is 1.08. The van der Waals surface area contributed by atoms with Crippen LogP contribution in [0.4, 0.5) is 22.7 Å². The van der Waals surface area contributed by atoms with Gasteiger partial charge in [0.1, 0.15) is 0 Å². The Morgan fingerprint density at radius 2 is 0.840 bits per heavy atom. The summed E-state index contributed by atoms with van der Waals surface area (Å²) in [5.74, 6) is 0. The van der Waals surface area contributed by atoms with Crippen molar-refractivity contribution >= 4 is 22.7 Å². The van der Waals surface area contributed by atoms with E-state index in [2.05, 4.69) is 163 Å². The number of hydrogen-bond donors (Lipinski definition) is 0. The smallest absolute Gasteiger partial charge is 0.0892 e. The number of azo groups is 2. The van der Waals surface area contributed by atoms with E-state index in [4.69, 9.17) is 15.3 Å². The van der Waals surface area contributed by atoms with Crippen molar-refractivity contribution in [1.29, 1.82) is 0 Å². The molecule has 4 heteroatoms. The molecule has 6 rings (SSSR count). The van der Waals surface area contributed by atoms with E-state index in [1.165, 1.54) is 61.2 Å². The Labute approximate surface area is 297 Å². The van der Waals surface area contributed by atoms with Crippen molar-refractivity contribution in [3.05, 3.63) is 188 Å². The van der Waals surface area contributed by atoms with Gasteiger partial charge in [-0.15, -0.1) is 0 Å². The van der Waals surface area contributed by atoms with Crippen molar-refractivity contribution in [2.24, 2.45) is 20.5 Å². The third-order valence-corrected chi connectivity index (χ3v) is 9.40. The van der Waals surface area contributed by atoms with Gasteiger partial charge in [-0.3, -0.25) is 0 Å². The fourth-order valence-electron chi connectivity index (χ4n) is 6.36. The van der Waals surface area contributed by atoms with Gasteiger partial charge in [-0.1, -0.05) is 107 Å². The summed E-state index contributed by atoms with van der Waals surface area (Å²) in [4.78, 5) is 0. The van der Waals surface area contributed by atoms with E-state index in [0.717, 1.165) is 46.7 Å². The molecule has 0 saturated heterocycles. The maximum atomic E-state index is 4.89. The van der Waals surface area contributed by atoms with Crippen LogP contribution in [-0.2, 0) is 19.3 Å². The van der Waals surface area contributed by atoms with Gasteiger partial charge in [0.05, 0.1) is 22.7 Å². The molecule has 50 heavy (non-hydrogen) atoms. The van der Waals surface area contributed by atoms with Gasteiger partial charge in [0.15, 0.2) is 0 Å². The molecule has 0 aliphatic carbocycles. The fraction of sp³-hybridized carbons (Fsp3) is 0.217. The number of aryl methyl sites for hydroxylation is 7. The zero-order valence-electron chi connectivity index (χ0n) is 30.4. The molecule has 0 heterocycles. The Bertz CT molecular complexity index is 2220. The van der Waals surface area contributed by atoms with Crippen LogP contribution < -0.4 is 0 Å². The number of benzene rings is 6. The van der Waals surface area contributed by atoms with Gasteiger partial charge in [-0.05, 0) is 142 Å². The summed E-state index contributed by atoms with van der Waals surface area (Å²) in [7, 11) is 0. The largest absolute Gasteiger partial charge is 0.151 e. The molecular formula is C46H46N4. The van der Waals surface area contributed by atoms with Crippen molar-refractivity contribution in [3.8, 4) is 0 Å². The SMILES string of the molecule is Cc1cccc(Cc2ccc(C)c(Cc3cc(C)ccc3N=Nc3ccc(C)cc3Cc3cc(C)ccc3N=Nc3ccc(C)c(C)c3)c2)c1. The van der Waals surface area contributed by atoms with Crippen LogP contribution in [0.3, 0.4) is 0 Å². The van der Waals surface area contributed by atoms with Crippen LogP contribution in [0.5, 0.6) is 0 Å². The first-order valence-corrected chi connectivity index (χ1v) is 17.4. The van der Waals surface area contributed by atoms with Gasteiger partial charge in [0.25, 0.3) is 0 Å². The summed E-state index contributed by atoms with van der Waals surface area (Å²) < 4.78 is 0. The first-order chi connectivity index (χ1) is 24.1. The molecule has 0 saturated carbocycles. The minimum absolute atomic E-state index is 0.673. The lowest BCUT2D eigenvalue weighted by Crippen LogP contribution is -1.97. The standard InChI is InChI=1S/C46H46N4/c1-30-9-8-10-37(21-30)26-38-16-14-35(6)39(27-38)28-40-22-31(2)12-19-45(40)49-50-46-20-13-33(4)24-42(46)29-41-23-32(3)11-18-44(41)48-47-43-17-15-34(5)36(7)25-43/h8-25,27H,26,28-29H2,1-7H3. The molecule has 0 spiro atoms. The highest BCUT2D eigenvalue weighted by atomic mass is 15.1. The van der Waals surface area contributed by atoms with Gasteiger partial charge in [0.2, 0.25) is 0 Å². The highest BCUT2D eigenvalue weighted by molar-refractivity contribution is 5.57. The van der Waals surface area contributed by atoms with E-state index in [-0.39, 0.29) is 0 Å². The lowest BCUT2D eigenvalue weighted by atomic mass is 9.94. The van der Waals surface area contributed by atoms with Gasteiger partial charge in [-0.2, -0.15) is 20.5 Å². The molecule has 0 aromatic heterocycles. The van der Waals surface area contributed by atoms with Crippen LogP contribution in [0, 0.1) is 48.5 Å². The lowest BCUT2D eigenvalue weighted by Gasteiger charge is -2.12. The molecule has 0 aliphatic heterocycles. The summed E-state index contributed by atoms with van der Waals surface area (Å²) in [6, 6.07) is 41.0. The summed E-state index contributed by atoms with van der Waals surface area (Å²) >= 11 is 0. The second kappa shape index (κ2) is 15.4. The van der Waals surface area contributed by atoms with E-state index in [9.17, 15) is 0 Å². The maximum absolute atomic E-state index is 4.89. The molecule has 0 bridgehead atoms. The van der Waals surface area contributed by atoms with Crippen molar-refractivity contribution in [1.82, 2.24) is 0 Å². The third kappa shape index (κ3) is 8.75. The molecule has 6 aromatic rings. The van der Waals surface area contributed by atoms with Crippen molar-refractivity contribution in [2.75, 3.05) is 0 Å². The number of rotatable bonds is 10. The number of hydrogen-bond acceptors (Lipinski definition) is 4. The van der Waals surface area contributed by atoms with E-state index in [1.54, 1.807) is 0 Å². The van der Waals surface area contributed by atoms with Crippen LogP contribution in [0.25, 0.3) is 0 Å². The van der Waals surface area contributed by atoms with Crippen LogP contribution in [0.15, 0.2) is 136 Å². The maximum Gasteiger partial charge on any atom is 0.0892 e. The molecule has 0 unspecified atom stereocenters. The fourth-order valence-corrected chi connectivity index (χ4v) is 6.36. The van der Waals surface area contributed by atoms with Crippen LogP contribution in [-0.4, -0.2) is 0 Å².